The van der Waals surface area contributed by atoms with Crippen LogP contribution in [-0.4, -0.2) is 28.8 Å². The van der Waals surface area contributed by atoms with Crippen molar-refractivity contribution in [3.63, 3.8) is 0 Å². The molecule has 0 bridgehead atoms. The standard InChI is InChI=1S/C23H25NO4/c1-16-15-19(10-8-18(16)9-11-23(25)26)27-14-12-17(2)28-22-7-3-6-21-20(22)5-4-13-24-21/h3-8,10,13,15,17H,9,11-12,14H2,1-2H3,(H,25,26)/t17-/m1/s1. The first-order chi connectivity index (χ1) is 13.5. The summed E-state index contributed by atoms with van der Waals surface area (Å²) in [6, 6.07) is 15.6. The van der Waals surface area contributed by atoms with Crippen molar-refractivity contribution in [3.8, 4) is 11.5 Å². The lowest BCUT2D eigenvalue weighted by molar-refractivity contribution is -0.136. The Hall–Kier alpha value is -3.08. The predicted molar refractivity (Wildman–Crippen MR) is 109 cm³/mol. The molecule has 5 heteroatoms. The highest BCUT2D eigenvalue weighted by atomic mass is 16.5. The van der Waals surface area contributed by atoms with Gasteiger partial charge in [0, 0.05) is 24.4 Å². The first-order valence-electron chi connectivity index (χ1n) is 9.47. The largest absolute Gasteiger partial charge is 0.493 e. The molecule has 28 heavy (non-hydrogen) atoms. The molecule has 3 aromatic rings. The molecule has 1 atom stereocenters. The maximum atomic E-state index is 10.7. The van der Waals surface area contributed by atoms with E-state index >= 15 is 0 Å². The molecule has 0 amide bonds. The van der Waals surface area contributed by atoms with Crippen molar-refractivity contribution in [1.82, 2.24) is 4.98 Å². The monoisotopic (exact) mass is 379 g/mol. The fourth-order valence-electron chi connectivity index (χ4n) is 3.08. The van der Waals surface area contributed by atoms with Gasteiger partial charge in [0.25, 0.3) is 0 Å². The molecule has 0 radical (unpaired) electrons. The third-order valence-electron chi connectivity index (χ3n) is 4.65. The fourth-order valence-corrected chi connectivity index (χ4v) is 3.08. The fraction of sp³-hybridized carbons (Fsp3) is 0.304. The Balaban J connectivity index is 1.52. The molecule has 0 aliphatic rings. The molecule has 0 saturated heterocycles. The van der Waals surface area contributed by atoms with E-state index in [1.807, 2.05) is 62.4 Å². The number of rotatable bonds is 9. The van der Waals surface area contributed by atoms with Gasteiger partial charge in [0.15, 0.2) is 0 Å². The van der Waals surface area contributed by atoms with Crippen molar-refractivity contribution in [2.45, 2.75) is 39.2 Å². The van der Waals surface area contributed by atoms with Crippen LogP contribution in [0.5, 0.6) is 11.5 Å². The average Bonchev–Trinajstić information content (AvgIpc) is 2.67. The maximum absolute atomic E-state index is 10.7. The molecule has 0 aliphatic carbocycles. The van der Waals surface area contributed by atoms with E-state index in [0.717, 1.165) is 39.9 Å². The molecule has 5 nitrogen and oxygen atoms in total. The minimum Gasteiger partial charge on any atom is -0.493 e. The molecule has 0 aliphatic heterocycles. The molecule has 2 aromatic carbocycles. The van der Waals surface area contributed by atoms with Crippen LogP contribution in [0.25, 0.3) is 10.9 Å². The van der Waals surface area contributed by atoms with E-state index in [4.69, 9.17) is 14.6 Å². The normalized spacial score (nSPS) is 11.9. The number of aryl methyl sites for hydroxylation is 2. The lowest BCUT2D eigenvalue weighted by Gasteiger charge is -2.17. The number of hydrogen-bond donors (Lipinski definition) is 1. The van der Waals surface area contributed by atoms with E-state index in [-0.39, 0.29) is 12.5 Å². The number of fused-ring (bicyclic) bond motifs is 1. The van der Waals surface area contributed by atoms with Crippen molar-refractivity contribution in [3.05, 3.63) is 65.9 Å². The van der Waals surface area contributed by atoms with Gasteiger partial charge in [0.1, 0.15) is 11.5 Å². The van der Waals surface area contributed by atoms with Gasteiger partial charge in [-0.2, -0.15) is 0 Å². The van der Waals surface area contributed by atoms with Crippen LogP contribution in [0.2, 0.25) is 0 Å². The minimum atomic E-state index is -0.782. The minimum absolute atomic E-state index is 0.00161. The highest BCUT2D eigenvalue weighted by Gasteiger charge is 2.09. The van der Waals surface area contributed by atoms with Crippen LogP contribution in [-0.2, 0) is 11.2 Å². The quantitative estimate of drug-likeness (QED) is 0.578. The summed E-state index contributed by atoms with van der Waals surface area (Å²) in [5.41, 5.74) is 3.00. The Kier molecular flexibility index (Phi) is 6.48. The number of carboxylic acid groups (broad SMARTS) is 1. The summed E-state index contributed by atoms with van der Waals surface area (Å²) >= 11 is 0. The summed E-state index contributed by atoms with van der Waals surface area (Å²) in [7, 11) is 0. The average molecular weight is 379 g/mol. The van der Waals surface area contributed by atoms with Gasteiger partial charge in [-0.1, -0.05) is 12.1 Å². The zero-order chi connectivity index (χ0) is 19.9. The first kappa shape index (κ1) is 19.7. The number of ether oxygens (including phenoxy) is 2. The van der Waals surface area contributed by atoms with E-state index in [1.165, 1.54) is 0 Å². The van der Waals surface area contributed by atoms with Crippen LogP contribution in [0.1, 0.15) is 30.9 Å². The summed E-state index contributed by atoms with van der Waals surface area (Å²) < 4.78 is 11.9. The number of aromatic nitrogens is 1. The third-order valence-corrected chi connectivity index (χ3v) is 4.65. The van der Waals surface area contributed by atoms with Crippen molar-refractivity contribution in [2.24, 2.45) is 0 Å². The zero-order valence-electron chi connectivity index (χ0n) is 16.2. The summed E-state index contributed by atoms with van der Waals surface area (Å²) in [5.74, 6) is 0.838. The zero-order valence-corrected chi connectivity index (χ0v) is 16.2. The van der Waals surface area contributed by atoms with E-state index < -0.39 is 5.97 Å². The SMILES string of the molecule is Cc1cc(OCC[C@@H](C)Oc2cccc3ncccc23)ccc1CCC(=O)O. The van der Waals surface area contributed by atoms with Crippen LogP contribution < -0.4 is 9.47 Å². The third kappa shape index (κ3) is 5.22. The van der Waals surface area contributed by atoms with E-state index in [9.17, 15) is 4.79 Å². The molecular weight excluding hydrogens is 354 g/mol. The highest BCUT2D eigenvalue weighted by Crippen LogP contribution is 2.25. The number of aliphatic carboxylic acids is 1. The van der Waals surface area contributed by atoms with E-state index in [0.29, 0.717) is 13.0 Å². The van der Waals surface area contributed by atoms with Crippen molar-refractivity contribution in [2.75, 3.05) is 6.61 Å². The molecular formula is C23H25NO4. The Morgan fingerprint density at radius 2 is 2.04 bits per heavy atom. The van der Waals surface area contributed by atoms with Gasteiger partial charge in [-0.15, -0.1) is 0 Å². The van der Waals surface area contributed by atoms with Crippen LogP contribution in [0.3, 0.4) is 0 Å². The van der Waals surface area contributed by atoms with Gasteiger partial charge in [0.05, 0.1) is 18.2 Å². The molecule has 1 N–H and O–H groups in total. The molecule has 0 saturated carbocycles. The Bertz CT molecular complexity index is 949. The van der Waals surface area contributed by atoms with Gasteiger partial charge >= 0.3 is 5.97 Å². The molecule has 1 heterocycles. The second kappa shape index (κ2) is 9.22. The molecule has 3 rings (SSSR count). The summed E-state index contributed by atoms with van der Waals surface area (Å²) in [6.07, 6.45) is 3.20. The smallest absolute Gasteiger partial charge is 0.303 e. The highest BCUT2D eigenvalue weighted by molar-refractivity contribution is 5.84. The maximum Gasteiger partial charge on any atom is 0.303 e. The van der Waals surface area contributed by atoms with Gasteiger partial charge in [-0.3, -0.25) is 9.78 Å². The van der Waals surface area contributed by atoms with Crippen LogP contribution >= 0.6 is 0 Å². The van der Waals surface area contributed by atoms with Gasteiger partial charge in [-0.25, -0.2) is 0 Å². The lowest BCUT2D eigenvalue weighted by atomic mass is 10.0. The van der Waals surface area contributed by atoms with Gasteiger partial charge in [0.2, 0.25) is 0 Å². The summed E-state index contributed by atoms with van der Waals surface area (Å²) in [5, 5.41) is 9.82. The second-order valence-corrected chi connectivity index (χ2v) is 6.87. The first-order valence-corrected chi connectivity index (χ1v) is 9.47. The summed E-state index contributed by atoms with van der Waals surface area (Å²) in [6.45, 7) is 4.54. The Morgan fingerprint density at radius 1 is 1.18 bits per heavy atom. The molecule has 0 unspecified atom stereocenters. The topological polar surface area (TPSA) is 68.7 Å². The van der Waals surface area contributed by atoms with Crippen LogP contribution in [0.15, 0.2) is 54.7 Å². The molecule has 0 fully saturated rings. The number of benzene rings is 2. The van der Waals surface area contributed by atoms with Crippen LogP contribution in [0.4, 0.5) is 0 Å². The number of hydrogen-bond acceptors (Lipinski definition) is 4. The number of nitrogens with zero attached hydrogens (tertiary/aromatic N) is 1. The van der Waals surface area contributed by atoms with E-state index in [2.05, 4.69) is 4.98 Å². The summed E-state index contributed by atoms with van der Waals surface area (Å²) in [4.78, 5) is 15.1. The number of carboxylic acids is 1. The molecule has 146 valence electrons. The van der Waals surface area contributed by atoms with E-state index in [1.54, 1.807) is 6.20 Å². The van der Waals surface area contributed by atoms with Gasteiger partial charge in [-0.05, 0) is 67.8 Å². The van der Waals surface area contributed by atoms with Crippen molar-refractivity contribution < 1.29 is 19.4 Å². The Morgan fingerprint density at radius 3 is 2.82 bits per heavy atom. The number of carbonyl (C=O) groups is 1. The lowest BCUT2D eigenvalue weighted by Crippen LogP contribution is -2.16. The van der Waals surface area contributed by atoms with Crippen molar-refractivity contribution >= 4 is 16.9 Å². The molecule has 0 spiro atoms. The predicted octanol–water partition coefficient (Wildman–Crippen LogP) is 4.80. The Labute approximate surface area is 164 Å². The second-order valence-electron chi connectivity index (χ2n) is 6.87. The molecule has 1 aromatic heterocycles. The van der Waals surface area contributed by atoms with Gasteiger partial charge < -0.3 is 14.6 Å². The van der Waals surface area contributed by atoms with Crippen LogP contribution in [0, 0.1) is 6.92 Å². The number of pyridine rings is 1. The van der Waals surface area contributed by atoms with Crippen molar-refractivity contribution in [1.29, 1.82) is 0 Å².